The Morgan fingerprint density at radius 3 is 2.71 bits per heavy atom. The SMILES string of the molecule is CCC[C@@H]1C[C@@H](C(=O)N[C@H](C)CS(=O)c2ccc(O)cc2)N(C)C1. The van der Waals surface area contributed by atoms with Crippen molar-refractivity contribution in [3.05, 3.63) is 24.3 Å². The molecule has 0 aromatic heterocycles. The van der Waals surface area contributed by atoms with E-state index in [1.54, 1.807) is 12.1 Å². The molecular weight excluding hydrogens is 324 g/mol. The third-order valence-electron chi connectivity index (χ3n) is 4.52. The maximum atomic E-state index is 12.5. The van der Waals surface area contributed by atoms with Crippen LogP contribution in [-0.4, -0.2) is 51.6 Å². The number of phenolic OH excluding ortho intramolecular Hbond substituents is 1. The smallest absolute Gasteiger partial charge is 0.237 e. The van der Waals surface area contributed by atoms with E-state index in [0.717, 1.165) is 25.8 Å². The van der Waals surface area contributed by atoms with Crippen molar-refractivity contribution in [2.45, 2.75) is 50.1 Å². The molecule has 0 radical (unpaired) electrons. The van der Waals surface area contributed by atoms with Gasteiger partial charge in [-0.15, -0.1) is 0 Å². The number of benzene rings is 1. The van der Waals surface area contributed by atoms with Crippen LogP contribution in [0.3, 0.4) is 0 Å². The van der Waals surface area contributed by atoms with E-state index in [1.807, 2.05) is 14.0 Å². The number of aromatic hydroxyl groups is 1. The first-order valence-corrected chi connectivity index (χ1v) is 9.90. The maximum absolute atomic E-state index is 12.5. The molecule has 1 aliphatic heterocycles. The molecule has 2 rings (SSSR count). The molecule has 24 heavy (non-hydrogen) atoms. The molecule has 1 saturated heterocycles. The Kier molecular flexibility index (Phi) is 6.80. The topological polar surface area (TPSA) is 69.6 Å². The van der Waals surface area contributed by atoms with Crippen LogP contribution in [-0.2, 0) is 15.6 Å². The molecule has 0 spiro atoms. The third-order valence-corrected chi connectivity index (χ3v) is 6.12. The largest absolute Gasteiger partial charge is 0.508 e. The van der Waals surface area contributed by atoms with Gasteiger partial charge in [-0.2, -0.15) is 0 Å². The van der Waals surface area contributed by atoms with Gasteiger partial charge in [0.1, 0.15) is 5.75 Å². The summed E-state index contributed by atoms with van der Waals surface area (Å²) < 4.78 is 12.3. The van der Waals surface area contributed by atoms with Gasteiger partial charge in [0.2, 0.25) is 5.91 Å². The van der Waals surface area contributed by atoms with Gasteiger partial charge in [0.15, 0.2) is 0 Å². The van der Waals surface area contributed by atoms with Crippen molar-refractivity contribution in [1.82, 2.24) is 10.2 Å². The first kappa shape index (κ1) is 18.9. The molecule has 1 aromatic carbocycles. The van der Waals surface area contributed by atoms with Crippen molar-refractivity contribution < 1.29 is 14.1 Å². The summed E-state index contributed by atoms with van der Waals surface area (Å²) in [6.07, 6.45) is 3.22. The second kappa shape index (κ2) is 8.62. The van der Waals surface area contributed by atoms with Crippen LogP contribution in [0.15, 0.2) is 29.2 Å². The number of phenols is 1. The van der Waals surface area contributed by atoms with Gasteiger partial charge in [-0.1, -0.05) is 13.3 Å². The quantitative estimate of drug-likeness (QED) is 0.789. The minimum absolute atomic E-state index is 0.0336. The van der Waals surface area contributed by atoms with Crippen LogP contribution in [0.5, 0.6) is 5.75 Å². The number of carbonyl (C=O) groups is 1. The van der Waals surface area contributed by atoms with Crippen LogP contribution in [0, 0.1) is 5.92 Å². The van der Waals surface area contributed by atoms with Gasteiger partial charge < -0.3 is 10.4 Å². The van der Waals surface area contributed by atoms with Gasteiger partial charge in [0.25, 0.3) is 0 Å². The van der Waals surface area contributed by atoms with E-state index in [1.165, 1.54) is 12.1 Å². The van der Waals surface area contributed by atoms with Crippen molar-refractivity contribution in [1.29, 1.82) is 0 Å². The standard InChI is InChI=1S/C18H28N2O3S/c1-4-5-14-10-17(20(3)11-14)18(22)19-13(2)12-24(23)16-8-6-15(21)7-9-16/h6-9,13-14,17,21H,4-5,10-12H2,1-3H3,(H,19,22)/t13-,14-,17+,24?/m1/s1. The summed E-state index contributed by atoms with van der Waals surface area (Å²) in [4.78, 5) is 15.3. The molecule has 0 aliphatic carbocycles. The molecule has 1 unspecified atom stereocenters. The van der Waals surface area contributed by atoms with E-state index in [2.05, 4.69) is 17.1 Å². The molecule has 1 fully saturated rings. The number of rotatable bonds is 7. The van der Waals surface area contributed by atoms with Gasteiger partial charge in [0, 0.05) is 23.2 Å². The Hall–Kier alpha value is -1.40. The summed E-state index contributed by atoms with van der Waals surface area (Å²) in [7, 11) is 0.801. The Labute approximate surface area is 146 Å². The maximum Gasteiger partial charge on any atom is 0.237 e. The van der Waals surface area contributed by atoms with E-state index in [0.29, 0.717) is 16.6 Å². The average Bonchev–Trinajstić information content (AvgIpc) is 2.88. The third kappa shape index (κ3) is 5.05. The van der Waals surface area contributed by atoms with Crippen LogP contribution in [0.2, 0.25) is 0 Å². The van der Waals surface area contributed by atoms with Crippen molar-refractivity contribution >= 4 is 16.7 Å². The number of amides is 1. The molecule has 6 heteroatoms. The molecule has 5 nitrogen and oxygen atoms in total. The minimum atomic E-state index is -1.20. The molecule has 134 valence electrons. The fourth-order valence-electron chi connectivity index (χ4n) is 3.33. The van der Waals surface area contributed by atoms with E-state index >= 15 is 0 Å². The van der Waals surface area contributed by atoms with Gasteiger partial charge in [-0.3, -0.25) is 13.9 Å². The fraction of sp³-hybridized carbons (Fsp3) is 0.611. The zero-order chi connectivity index (χ0) is 17.7. The van der Waals surface area contributed by atoms with E-state index in [4.69, 9.17) is 0 Å². The second-order valence-corrected chi connectivity index (χ2v) is 8.26. The minimum Gasteiger partial charge on any atom is -0.508 e. The highest BCUT2D eigenvalue weighted by Gasteiger charge is 2.34. The van der Waals surface area contributed by atoms with Crippen LogP contribution in [0.4, 0.5) is 0 Å². The lowest BCUT2D eigenvalue weighted by Crippen LogP contribution is -2.46. The summed E-state index contributed by atoms with van der Waals surface area (Å²) in [5.74, 6) is 1.15. The fourth-order valence-corrected chi connectivity index (χ4v) is 4.50. The van der Waals surface area contributed by atoms with E-state index < -0.39 is 10.8 Å². The Balaban J connectivity index is 1.85. The summed E-state index contributed by atoms with van der Waals surface area (Å²) in [5, 5.41) is 12.3. The number of hydrogen-bond donors (Lipinski definition) is 2. The number of carbonyl (C=O) groups excluding carboxylic acids is 1. The Bertz CT molecular complexity index is 576. The van der Waals surface area contributed by atoms with Crippen molar-refractivity contribution in [3.63, 3.8) is 0 Å². The van der Waals surface area contributed by atoms with Crippen LogP contribution in [0.1, 0.15) is 33.1 Å². The number of likely N-dealkylation sites (N-methyl/N-ethyl adjacent to an activating group) is 1. The molecule has 1 heterocycles. The van der Waals surface area contributed by atoms with Gasteiger partial charge >= 0.3 is 0 Å². The van der Waals surface area contributed by atoms with Crippen molar-refractivity contribution in [3.8, 4) is 5.75 Å². The highest BCUT2D eigenvalue weighted by molar-refractivity contribution is 7.85. The average molecular weight is 353 g/mol. The summed E-state index contributed by atoms with van der Waals surface area (Å²) >= 11 is 0. The highest BCUT2D eigenvalue weighted by Crippen LogP contribution is 2.25. The van der Waals surface area contributed by atoms with Crippen LogP contribution in [0.25, 0.3) is 0 Å². The summed E-state index contributed by atoms with van der Waals surface area (Å²) in [5.41, 5.74) is 0. The number of likely N-dealkylation sites (tertiary alicyclic amines) is 1. The summed E-state index contributed by atoms with van der Waals surface area (Å²) in [6, 6.07) is 6.12. The first-order chi connectivity index (χ1) is 11.4. The lowest BCUT2D eigenvalue weighted by Gasteiger charge is -2.21. The Morgan fingerprint density at radius 2 is 2.08 bits per heavy atom. The van der Waals surface area contributed by atoms with E-state index in [-0.39, 0.29) is 23.7 Å². The monoisotopic (exact) mass is 352 g/mol. The predicted octanol–water partition coefficient (Wildman–Crippen LogP) is 2.12. The van der Waals surface area contributed by atoms with Gasteiger partial charge in [-0.25, -0.2) is 0 Å². The Morgan fingerprint density at radius 1 is 1.42 bits per heavy atom. The molecule has 0 saturated carbocycles. The number of nitrogens with one attached hydrogen (secondary N) is 1. The van der Waals surface area contributed by atoms with E-state index in [9.17, 15) is 14.1 Å². The molecule has 4 atom stereocenters. The lowest BCUT2D eigenvalue weighted by molar-refractivity contribution is -0.125. The highest BCUT2D eigenvalue weighted by atomic mass is 32.2. The van der Waals surface area contributed by atoms with Crippen LogP contribution < -0.4 is 5.32 Å². The zero-order valence-corrected chi connectivity index (χ0v) is 15.5. The van der Waals surface area contributed by atoms with Crippen LogP contribution >= 0.6 is 0 Å². The van der Waals surface area contributed by atoms with Gasteiger partial charge in [-0.05, 0) is 57.0 Å². The lowest BCUT2D eigenvalue weighted by atomic mass is 10.00. The number of nitrogens with zero attached hydrogens (tertiary/aromatic N) is 1. The molecule has 2 N–H and O–H groups in total. The molecule has 1 amide bonds. The van der Waals surface area contributed by atoms with Crippen molar-refractivity contribution in [2.24, 2.45) is 5.92 Å². The predicted molar refractivity (Wildman–Crippen MR) is 96.4 cm³/mol. The normalized spacial score (nSPS) is 23.8. The second-order valence-electron chi connectivity index (χ2n) is 6.76. The first-order valence-electron chi connectivity index (χ1n) is 8.58. The summed E-state index contributed by atoms with van der Waals surface area (Å²) in [6.45, 7) is 5.03. The molecule has 1 aliphatic rings. The molecule has 1 aromatic rings. The van der Waals surface area contributed by atoms with Crippen molar-refractivity contribution in [2.75, 3.05) is 19.3 Å². The van der Waals surface area contributed by atoms with Gasteiger partial charge in [0.05, 0.1) is 16.8 Å². The number of hydrogen-bond acceptors (Lipinski definition) is 4. The molecule has 0 bridgehead atoms. The molecular formula is C18H28N2O3S. The zero-order valence-electron chi connectivity index (χ0n) is 14.7.